The fourth-order valence-corrected chi connectivity index (χ4v) is 5.49. The molecule has 0 spiro atoms. The van der Waals surface area contributed by atoms with Crippen molar-refractivity contribution in [1.29, 1.82) is 0 Å². The number of nitrogens with zero attached hydrogens (tertiary/aromatic N) is 3. The lowest BCUT2D eigenvalue weighted by Gasteiger charge is -2.18. The third-order valence-corrected chi connectivity index (χ3v) is 7.60. The standard InChI is InChI=1S/C30H26FN3O2/c31-25-8-9-27-26(16-25)32-29(34(27)18-19-11-13-33(17-19)30(35)22-5-6-22)21-3-1-20(2-4-21)23-7-10-28-24(15-23)12-14-36-28/h1-4,7-10,12,14-16,19,22H,5-6,11,13,17-18H2. The van der Waals surface area contributed by atoms with E-state index >= 15 is 0 Å². The van der Waals surface area contributed by atoms with Crippen LogP contribution in [0.2, 0.25) is 0 Å². The number of carbonyl (C=O) groups excluding carboxylic acids is 1. The van der Waals surface area contributed by atoms with Crippen LogP contribution in [0.1, 0.15) is 19.3 Å². The summed E-state index contributed by atoms with van der Waals surface area (Å²) in [5.41, 5.74) is 5.68. The van der Waals surface area contributed by atoms with Crippen LogP contribution in [0.3, 0.4) is 0 Å². The van der Waals surface area contributed by atoms with E-state index in [1.165, 1.54) is 12.1 Å². The van der Waals surface area contributed by atoms with Crippen molar-refractivity contribution in [2.24, 2.45) is 11.8 Å². The van der Waals surface area contributed by atoms with Crippen molar-refractivity contribution < 1.29 is 13.6 Å². The SMILES string of the molecule is O=C(C1CC1)N1CCC(Cn2c(-c3ccc(-c4ccc5occc5c4)cc3)nc3cc(F)ccc32)C1. The monoisotopic (exact) mass is 479 g/mol. The normalized spacial score (nSPS) is 17.9. The zero-order valence-electron chi connectivity index (χ0n) is 19.9. The number of amides is 1. The largest absolute Gasteiger partial charge is 0.464 e. The van der Waals surface area contributed by atoms with Gasteiger partial charge in [-0.25, -0.2) is 9.37 Å². The minimum atomic E-state index is -0.286. The Bertz CT molecular complexity index is 1600. The molecule has 180 valence electrons. The van der Waals surface area contributed by atoms with Gasteiger partial charge in [0, 0.05) is 42.6 Å². The zero-order valence-corrected chi connectivity index (χ0v) is 19.9. The van der Waals surface area contributed by atoms with Gasteiger partial charge in [-0.1, -0.05) is 30.3 Å². The molecule has 36 heavy (non-hydrogen) atoms. The van der Waals surface area contributed by atoms with Crippen molar-refractivity contribution in [1.82, 2.24) is 14.5 Å². The number of aromatic nitrogens is 2. The van der Waals surface area contributed by atoms with Crippen LogP contribution in [-0.2, 0) is 11.3 Å². The number of benzene rings is 3. The number of furan rings is 1. The summed E-state index contributed by atoms with van der Waals surface area (Å²) in [6.07, 6.45) is 4.76. The Hall–Kier alpha value is -3.93. The summed E-state index contributed by atoms with van der Waals surface area (Å²) in [6, 6.07) is 21.3. The maximum atomic E-state index is 14.0. The van der Waals surface area contributed by atoms with Gasteiger partial charge in [-0.3, -0.25) is 4.79 Å². The molecule has 6 heteroatoms. The Kier molecular flexibility index (Phi) is 4.94. The minimum absolute atomic E-state index is 0.254. The molecule has 5 aromatic rings. The van der Waals surface area contributed by atoms with Gasteiger partial charge >= 0.3 is 0 Å². The van der Waals surface area contributed by atoms with Crippen molar-refractivity contribution >= 4 is 27.9 Å². The highest BCUT2D eigenvalue weighted by atomic mass is 19.1. The quantitative estimate of drug-likeness (QED) is 0.289. The number of imidazole rings is 1. The molecule has 0 radical (unpaired) electrons. The van der Waals surface area contributed by atoms with E-state index in [2.05, 4.69) is 41.0 Å². The van der Waals surface area contributed by atoms with E-state index < -0.39 is 0 Å². The lowest BCUT2D eigenvalue weighted by Crippen LogP contribution is -2.30. The summed E-state index contributed by atoms with van der Waals surface area (Å²) >= 11 is 0. The first-order chi connectivity index (χ1) is 17.6. The number of rotatable bonds is 5. The molecule has 2 fully saturated rings. The first-order valence-corrected chi connectivity index (χ1v) is 12.6. The molecule has 2 aliphatic rings. The van der Waals surface area contributed by atoms with E-state index in [0.717, 1.165) is 77.9 Å². The summed E-state index contributed by atoms with van der Waals surface area (Å²) in [6.45, 7) is 2.36. The Morgan fingerprint density at radius 2 is 1.75 bits per heavy atom. The minimum Gasteiger partial charge on any atom is -0.464 e. The molecule has 7 rings (SSSR count). The lowest BCUT2D eigenvalue weighted by molar-refractivity contribution is -0.131. The van der Waals surface area contributed by atoms with Gasteiger partial charge in [0.05, 0.1) is 17.3 Å². The number of carbonyl (C=O) groups is 1. The first-order valence-electron chi connectivity index (χ1n) is 12.6. The van der Waals surface area contributed by atoms with Crippen LogP contribution >= 0.6 is 0 Å². The van der Waals surface area contributed by atoms with Crippen LogP contribution in [0.4, 0.5) is 4.39 Å². The highest BCUT2D eigenvalue weighted by molar-refractivity contribution is 5.85. The molecule has 2 aromatic heterocycles. The molecule has 0 bridgehead atoms. The van der Waals surface area contributed by atoms with E-state index in [9.17, 15) is 9.18 Å². The third-order valence-electron chi connectivity index (χ3n) is 7.60. The Morgan fingerprint density at radius 3 is 2.58 bits per heavy atom. The summed E-state index contributed by atoms with van der Waals surface area (Å²) < 4.78 is 21.7. The average molecular weight is 480 g/mol. The Morgan fingerprint density at radius 1 is 0.944 bits per heavy atom. The van der Waals surface area contributed by atoms with Gasteiger partial charge in [-0.05, 0) is 66.6 Å². The lowest BCUT2D eigenvalue weighted by atomic mass is 10.0. The molecule has 0 N–H and O–H groups in total. The van der Waals surface area contributed by atoms with Gasteiger partial charge in [0.2, 0.25) is 5.91 Å². The molecule has 3 aromatic carbocycles. The second kappa shape index (κ2) is 8.33. The van der Waals surface area contributed by atoms with Crippen LogP contribution in [0.5, 0.6) is 0 Å². The number of fused-ring (bicyclic) bond motifs is 2. The summed E-state index contributed by atoms with van der Waals surface area (Å²) in [5.74, 6) is 1.48. The molecule has 5 nitrogen and oxygen atoms in total. The summed E-state index contributed by atoms with van der Waals surface area (Å²) in [7, 11) is 0. The molecule has 1 amide bonds. The summed E-state index contributed by atoms with van der Waals surface area (Å²) in [4.78, 5) is 19.4. The smallest absolute Gasteiger partial charge is 0.225 e. The Balaban J connectivity index is 1.21. The highest BCUT2D eigenvalue weighted by Crippen LogP contribution is 2.34. The van der Waals surface area contributed by atoms with E-state index in [4.69, 9.17) is 9.40 Å². The summed E-state index contributed by atoms with van der Waals surface area (Å²) in [5, 5.41) is 1.08. The van der Waals surface area contributed by atoms with Gasteiger partial charge in [0.25, 0.3) is 0 Å². The number of halogens is 1. The fourth-order valence-electron chi connectivity index (χ4n) is 5.49. The second-order valence-electron chi connectivity index (χ2n) is 10.1. The Labute approximate surface area is 208 Å². The van der Waals surface area contributed by atoms with Crippen LogP contribution < -0.4 is 0 Å². The van der Waals surface area contributed by atoms with E-state index in [-0.39, 0.29) is 11.7 Å². The number of likely N-dealkylation sites (tertiary alicyclic amines) is 1. The fraction of sp³-hybridized carbons (Fsp3) is 0.267. The molecule has 1 atom stereocenters. The predicted molar refractivity (Wildman–Crippen MR) is 138 cm³/mol. The second-order valence-corrected chi connectivity index (χ2v) is 10.1. The first kappa shape index (κ1) is 21.4. The zero-order chi connectivity index (χ0) is 24.2. The van der Waals surface area contributed by atoms with E-state index in [1.807, 2.05) is 23.1 Å². The molecule has 1 aliphatic heterocycles. The molecule has 3 heterocycles. The van der Waals surface area contributed by atoms with Gasteiger partial charge in [-0.2, -0.15) is 0 Å². The van der Waals surface area contributed by atoms with Gasteiger partial charge < -0.3 is 13.9 Å². The third kappa shape index (κ3) is 3.77. The molecule has 1 saturated carbocycles. The van der Waals surface area contributed by atoms with Gasteiger partial charge in [0.1, 0.15) is 17.2 Å². The maximum Gasteiger partial charge on any atom is 0.225 e. The van der Waals surface area contributed by atoms with Crippen molar-refractivity contribution in [2.75, 3.05) is 13.1 Å². The van der Waals surface area contributed by atoms with Crippen molar-refractivity contribution in [3.05, 3.63) is 78.8 Å². The topological polar surface area (TPSA) is 51.3 Å². The van der Waals surface area contributed by atoms with Crippen molar-refractivity contribution in [3.8, 4) is 22.5 Å². The van der Waals surface area contributed by atoms with Crippen LogP contribution in [0.25, 0.3) is 44.5 Å². The van der Waals surface area contributed by atoms with Gasteiger partial charge in [0.15, 0.2) is 0 Å². The van der Waals surface area contributed by atoms with E-state index in [0.29, 0.717) is 17.3 Å². The molecule has 1 aliphatic carbocycles. The van der Waals surface area contributed by atoms with Crippen molar-refractivity contribution in [2.45, 2.75) is 25.8 Å². The molecular weight excluding hydrogens is 453 g/mol. The maximum absolute atomic E-state index is 14.0. The molecular formula is C30H26FN3O2. The number of hydrogen-bond donors (Lipinski definition) is 0. The predicted octanol–water partition coefficient (Wildman–Crippen LogP) is 6.51. The molecule has 1 saturated heterocycles. The highest BCUT2D eigenvalue weighted by Gasteiger charge is 2.36. The van der Waals surface area contributed by atoms with Crippen molar-refractivity contribution in [3.63, 3.8) is 0 Å². The average Bonchev–Trinajstić information content (AvgIpc) is 3.30. The van der Waals surface area contributed by atoms with E-state index in [1.54, 1.807) is 6.26 Å². The van der Waals surface area contributed by atoms with Gasteiger partial charge in [-0.15, -0.1) is 0 Å². The van der Waals surface area contributed by atoms with Crippen LogP contribution in [0, 0.1) is 17.7 Å². The number of hydrogen-bond acceptors (Lipinski definition) is 3. The van der Waals surface area contributed by atoms with Crippen LogP contribution in [0.15, 0.2) is 77.4 Å². The van der Waals surface area contributed by atoms with Crippen LogP contribution in [-0.4, -0.2) is 33.4 Å². The molecule has 1 unspecified atom stereocenters.